The monoisotopic (exact) mass is 547 g/mol. The first-order valence-corrected chi connectivity index (χ1v) is 13.5. The van der Waals surface area contributed by atoms with Gasteiger partial charge in [0.25, 0.3) is 0 Å². The molecule has 3 heterocycles. The van der Waals surface area contributed by atoms with E-state index in [2.05, 4.69) is 20.6 Å². The number of ether oxygens (including phenoxy) is 1. The highest BCUT2D eigenvalue weighted by Gasteiger charge is 2.37. The van der Waals surface area contributed by atoms with Crippen LogP contribution in [0.1, 0.15) is 43.4 Å². The van der Waals surface area contributed by atoms with Crippen LogP contribution in [0.25, 0.3) is 0 Å². The molecule has 1 aliphatic heterocycles. The summed E-state index contributed by atoms with van der Waals surface area (Å²) in [7, 11) is 3.27. The lowest BCUT2D eigenvalue weighted by Crippen LogP contribution is -2.48. The number of carbonyl (C=O) groups excluding carboxylic acids is 1. The molecule has 2 amide bonds. The smallest absolute Gasteiger partial charge is 0.330 e. The summed E-state index contributed by atoms with van der Waals surface area (Å²) in [6.07, 6.45) is 7.61. The Labute approximate surface area is 223 Å². The normalized spacial score (nSPS) is 16.2. The standard InChI is InChI=1S/C24H27Cl2N7O2S/c1-27-17-8-18(35-2)20(26)21(19(17)25)32-10-14-9-28-23(30-15-6-4-3-5-7-15)31-22(14)33(24(32)34)11-16-12-36-13-29-16/h8-9,12-13,15,27H,3-7,10-11H2,1-2H3,(H,28,30,31). The van der Waals surface area contributed by atoms with Crippen molar-refractivity contribution in [3.8, 4) is 5.75 Å². The summed E-state index contributed by atoms with van der Waals surface area (Å²) < 4.78 is 5.45. The molecule has 190 valence electrons. The third-order valence-corrected chi connectivity index (χ3v) is 7.92. The Hall–Kier alpha value is -2.82. The van der Waals surface area contributed by atoms with Gasteiger partial charge in [-0.3, -0.25) is 9.80 Å². The molecule has 1 aliphatic carbocycles. The fourth-order valence-electron chi connectivity index (χ4n) is 4.68. The molecule has 12 heteroatoms. The maximum atomic E-state index is 14.0. The number of amides is 2. The van der Waals surface area contributed by atoms with Crippen molar-refractivity contribution in [2.45, 2.75) is 51.2 Å². The number of urea groups is 1. The van der Waals surface area contributed by atoms with Crippen LogP contribution in [0.4, 0.5) is 27.9 Å². The number of methoxy groups -OCH3 is 1. The highest BCUT2D eigenvalue weighted by atomic mass is 35.5. The van der Waals surface area contributed by atoms with Crippen molar-refractivity contribution in [1.82, 2.24) is 15.0 Å². The molecule has 1 fully saturated rings. The van der Waals surface area contributed by atoms with Crippen LogP contribution in [0.15, 0.2) is 23.2 Å². The van der Waals surface area contributed by atoms with E-state index in [0.29, 0.717) is 40.0 Å². The van der Waals surface area contributed by atoms with E-state index >= 15 is 0 Å². The second-order valence-corrected chi connectivity index (χ2v) is 10.3. The molecular formula is C24H27Cl2N7O2S. The van der Waals surface area contributed by atoms with Gasteiger partial charge in [-0.25, -0.2) is 14.8 Å². The lowest BCUT2D eigenvalue weighted by Gasteiger charge is -2.37. The Morgan fingerprint density at radius 1 is 1.19 bits per heavy atom. The van der Waals surface area contributed by atoms with Gasteiger partial charge in [0.05, 0.1) is 47.8 Å². The number of hydrogen-bond donors (Lipinski definition) is 2. The van der Waals surface area contributed by atoms with Crippen LogP contribution in [0, 0.1) is 0 Å². The zero-order valence-electron chi connectivity index (χ0n) is 20.1. The lowest BCUT2D eigenvalue weighted by atomic mass is 9.96. The molecule has 2 N–H and O–H groups in total. The number of hydrogen-bond acceptors (Lipinski definition) is 8. The van der Waals surface area contributed by atoms with Crippen LogP contribution in [-0.4, -0.2) is 41.2 Å². The molecule has 9 nitrogen and oxygen atoms in total. The predicted molar refractivity (Wildman–Crippen MR) is 145 cm³/mol. The van der Waals surface area contributed by atoms with Crippen molar-refractivity contribution in [3.05, 3.63) is 44.5 Å². The minimum atomic E-state index is -0.308. The van der Waals surface area contributed by atoms with Gasteiger partial charge in [-0.2, -0.15) is 4.98 Å². The summed E-state index contributed by atoms with van der Waals surface area (Å²) >= 11 is 14.9. The van der Waals surface area contributed by atoms with Crippen LogP contribution >= 0.6 is 34.5 Å². The summed E-state index contributed by atoms with van der Waals surface area (Å²) in [6, 6.07) is 1.74. The minimum Gasteiger partial charge on any atom is -0.495 e. The van der Waals surface area contributed by atoms with Gasteiger partial charge in [-0.05, 0) is 12.8 Å². The number of benzene rings is 1. The van der Waals surface area contributed by atoms with Crippen molar-refractivity contribution in [1.29, 1.82) is 0 Å². The van der Waals surface area contributed by atoms with E-state index in [4.69, 9.17) is 32.9 Å². The predicted octanol–water partition coefficient (Wildman–Crippen LogP) is 6.18. The Bertz CT molecular complexity index is 1220. The summed E-state index contributed by atoms with van der Waals surface area (Å²) in [5, 5.41) is 9.00. The molecular weight excluding hydrogens is 521 g/mol. The molecule has 0 bridgehead atoms. The van der Waals surface area contributed by atoms with Gasteiger partial charge in [0.2, 0.25) is 5.95 Å². The maximum Gasteiger partial charge on any atom is 0.330 e. The molecule has 0 spiro atoms. The van der Waals surface area contributed by atoms with Gasteiger partial charge in [-0.1, -0.05) is 42.5 Å². The molecule has 2 aromatic heterocycles. The third kappa shape index (κ3) is 4.77. The average molecular weight is 549 g/mol. The number of nitrogens with zero attached hydrogens (tertiary/aromatic N) is 5. The fourth-order valence-corrected chi connectivity index (χ4v) is 5.95. The summed E-state index contributed by atoms with van der Waals surface area (Å²) in [4.78, 5) is 30.9. The van der Waals surface area contributed by atoms with E-state index in [1.54, 1.807) is 34.6 Å². The maximum absolute atomic E-state index is 14.0. The first kappa shape index (κ1) is 24.9. The zero-order chi connectivity index (χ0) is 25.2. The fraction of sp³-hybridized carbons (Fsp3) is 0.417. The summed E-state index contributed by atoms with van der Waals surface area (Å²) in [5.41, 5.74) is 4.25. The summed E-state index contributed by atoms with van der Waals surface area (Å²) in [5.74, 6) is 1.50. The van der Waals surface area contributed by atoms with Gasteiger partial charge in [0.1, 0.15) is 16.6 Å². The second kappa shape index (κ2) is 10.7. The minimum absolute atomic E-state index is 0.210. The van der Waals surface area contributed by atoms with Crippen LogP contribution in [0.5, 0.6) is 5.75 Å². The van der Waals surface area contributed by atoms with Crippen molar-refractivity contribution in [2.24, 2.45) is 0 Å². The van der Waals surface area contributed by atoms with E-state index in [1.807, 2.05) is 5.38 Å². The number of fused-ring (bicyclic) bond motifs is 1. The second-order valence-electron chi connectivity index (χ2n) is 8.81. The van der Waals surface area contributed by atoms with Crippen molar-refractivity contribution >= 4 is 63.7 Å². The Morgan fingerprint density at radius 2 is 2.00 bits per heavy atom. The Morgan fingerprint density at radius 3 is 2.69 bits per heavy atom. The van der Waals surface area contributed by atoms with Gasteiger partial charge in [-0.15, -0.1) is 11.3 Å². The number of carbonyl (C=O) groups is 1. The van der Waals surface area contributed by atoms with Gasteiger partial charge in [0.15, 0.2) is 0 Å². The van der Waals surface area contributed by atoms with E-state index in [0.717, 1.165) is 24.1 Å². The first-order valence-electron chi connectivity index (χ1n) is 11.8. The van der Waals surface area contributed by atoms with Gasteiger partial charge < -0.3 is 15.4 Å². The molecule has 36 heavy (non-hydrogen) atoms. The largest absolute Gasteiger partial charge is 0.495 e. The summed E-state index contributed by atoms with van der Waals surface area (Å²) in [6.45, 7) is 0.463. The lowest BCUT2D eigenvalue weighted by molar-refractivity contribution is 0.249. The number of rotatable bonds is 7. The van der Waals surface area contributed by atoms with E-state index in [1.165, 1.54) is 37.7 Å². The number of anilines is 4. The van der Waals surface area contributed by atoms with Gasteiger partial charge >= 0.3 is 6.03 Å². The Balaban J connectivity index is 1.56. The van der Waals surface area contributed by atoms with Gasteiger partial charge in [0, 0.05) is 36.3 Å². The number of thiazole rings is 1. The molecule has 0 saturated heterocycles. The first-order chi connectivity index (χ1) is 17.5. The van der Waals surface area contributed by atoms with E-state index in [9.17, 15) is 4.79 Å². The van der Waals surface area contributed by atoms with Crippen molar-refractivity contribution in [3.63, 3.8) is 0 Å². The molecule has 2 aliphatic rings. The van der Waals surface area contributed by atoms with Crippen molar-refractivity contribution < 1.29 is 9.53 Å². The zero-order valence-corrected chi connectivity index (χ0v) is 22.4. The number of halogens is 2. The average Bonchev–Trinajstić information content (AvgIpc) is 3.41. The van der Waals surface area contributed by atoms with Crippen LogP contribution < -0.4 is 25.2 Å². The molecule has 3 aromatic rings. The molecule has 0 radical (unpaired) electrons. The van der Waals surface area contributed by atoms with Crippen LogP contribution in [0.3, 0.4) is 0 Å². The quantitative estimate of drug-likeness (QED) is 0.364. The highest BCUT2D eigenvalue weighted by Crippen LogP contribution is 2.47. The molecule has 1 aromatic carbocycles. The van der Waals surface area contributed by atoms with E-state index in [-0.39, 0.29) is 24.1 Å². The molecule has 1 saturated carbocycles. The van der Waals surface area contributed by atoms with Crippen LogP contribution in [-0.2, 0) is 13.1 Å². The van der Waals surface area contributed by atoms with Crippen LogP contribution in [0.2, 0.25) is 10.0 Å². The molecule has 5 rings (SSSR count). The SMILES string of the molecule is CNc1cc(OC)c(Cl)c(N2Cc3cnc(NC4CCCCC4)nc3N(Cc3cscn3)C2=O)c1Cl. The highest BCUT2D eigenvalue weighted by molar-refractivity contribution is 7.07. The topological polar surface area (TPSA) is 95.5 Å². The Kier molecular flexibility index (Phi) is 7.36. The number of nitrogens with one attached hydrogen (secondary N) is 2. The third-order valence-electron chi connectivity index (χ3n) is 6.53. The van der Waals surface area contributed by atoms with Crippen molar-refractivity contribution in [2.75, 3.05) is 34.6 Å². The van der Waals surface area contributed by atoms with E-state index < -0.39 is 0 Å². The number of aromatic nitrogens is 3. The molecule has 0 atom stereocenters. The molecule has 0 unspecified atom stereocenters.